The van der Waals surface area contributed by atoms with E-state index < -0.39 is 0 Å². The second kappa shape index (κ2) is 10.5. The molecule has 224 valence electrons. The lowest BCUT2D eigenvalue weighted by Crippen LogP contribution is -1.96. The van der Waals surface area contributed by atoms with Crippen LogP contribution in [0, 0.1) is 0 Å². The third-order valence-corrected chi connectivity index (χ3v) is 9.73. The van der Waals surface area contributed by atoms with Gasteiger partial charge in [-0.3, -0.25) is 4.98 Å². The number of nitrogens with zero attached hydrogens (tertiary/aromatic N) is 3. The van der Waals surface area contributed by atoms with Gasteiger partial charge in [0.05, 0.1) is 27.6 Å². The second-order valence-electron chi connectivity index (χ2n) is 12.4. The lowest BCUT2D eigenvalue weighted by atomic mass is 9.97. The molecule has 0 saturated carbocycles. The number of benzene rings is 7. The van der Waals surface area contributed by atoms with E-state index in [1.807, 2.05) is 12.3 Å². The summed E-state index contributed by atoms with van der Waals surface area (Å²) in [4.78, 5) is 4.79. The smallest absolute Gasteiger partial charge is 0.0963 e. The van der Waals surface area contributed by atoms with E-state index in [-0.39, 0.29) is 0 Å². The molecule has 0 bridgehead atoms. The summed E-state index contributed by atoms with van der Waals surface area (Å²) in [5.74, 6) is 0. The number of aromatic nitrogens is 3. The molecule has 10 aromatic rings. The van der Waals surface area contributed by atoms with Crippen molar-refractivity contribution in [3.05, 3.63) is 176 Å². The lowest BCUT2D eigenvalue weighted by molar-refractivity contribution is 1.17. The van der Waals surface area contributed by atoms with Gasteiger partial charge in [-0.1, -0.05) is 109 Å². The summed E-state index contributed by atoms with van der Waals surface area (Å²) >= 11 is 0. The van der Waals surface area contributed by atoms with E-state index in [9.17, 15) is 0 Å². The molecule has 3 aromatic heterocycles. The molecule has 3 heteroatoms. The van der Waals surface area contributed by atoms with E-state index in [2.05, 4.69) is 173 Å². The number of hydrogen-bond acceptors (Lipinski definition) is 1. The minimum atomic E-state index is 1.02. The molecule has 48 heavy (non-hydrogen) atoms. The molecule has 0 aliphatic heterocycles. The maximum Gasteiger partial charge on any atom is 0.0963 e. The van der Waals surface area contributed by atoms with Gasteiger partial charge in [0.25, 0.3) is 0 Å². The highest BCUT2D eigenvalue weighted by molar-refractivity contribution is 6.12. The van der Waals surface area contributed by atoms with Gasteiger partial charge in [0.2, 0.25) is 0 Å². The molecule has 0 spiro atoms. The van der Waals surface area contributed by atoms with Crippen LogP contribution in [0.2, 0.25) is 0 Å². The van der Waals surface area contributed by atoms with Crippen molar-refractivity contribution >= 4 is 54.5 Å². The van der Waals surface area contributed by atoms with E-state index in [1.54, 1.807) is 0 Å². The van der Waals surface area contributed by atoms with Crippen LogP contribution in [0.25, 0.3) is 88.1 Å². The van der Waals surface area contributed by atoms with Gasteiger partial charge < -0.3 is 9.13 Å². The van der Waals surface area contributed by atoms with Crippen molar-refractivity contribution in [3.63, 3.8) is 0 Å². The molecule has 3 nitrogen and oxygen atoms in total. The Hall–Kier alpha value is -6.45. The van der Waals surface area contributed by atoms with Crippen LogP contribution in [-0.4, -0.2) is 14.1 Å². The number of fused-ring (bicyclic) bond motifs is 7. The van der Waals surface area contributed by atoms with Crippen LogP contribution in [0.3, 0.4) is 0 Å². The molecule has 0 aliphatic rings. The monoisotopic (exact) mass is 611 g/mol. The fraction of sp³-hybridized carbons (Fsp3) is 0. The first-order valence-corrected chi connectivity index (χ1v) is 16.4. The summed E-state index contributed by atoms with van der Waals surface area (Å²) in [5, 5.41) is 6.12. The molecule has 0 N–H and O–H groups in total. The van der Waals surface area contributed by atoms with Gasteiger partial charge in [0, 0.05) is 33.7 Å². The lowest BCUT2D eigenvalue weighted by Gasteiger charge is -2.14. The Morgan fingerprint density at radius 2 is 0.958 bits per heavy atom. The molecule has 3 heterocycles. The van der Waals surface area contributed by atoms with Crippen LogP contribution >= 0.6 is 0 Å². The number of hydrogen-bond donors (Lipinski definition) is 0. The summed E-state index contributed by atoms with van der Waals surface area (Å²) in [6.07, 6.45) is 1.88. The van der Waals surface area contributed by atoms with Gasteiger partial charge in [-0.05, 0) is 93.7 Å². The van der Waals surface area contributed by atoms with Gasteiger partial charge in [0.15, 0.2) is 0 Å². The molecule has 7 aromatic carbocycles. The van der Waals surface area contributed by atoms with E-state index in [1.165, 1.54) is 54.8 Å². The highest BCUT2D eigenvalue weighted by Crippen LogP contribution is 2.39. The van der Waals surface area contributed by atoms with Gasteiger partial charge in [-0.25, -0.2) is 0 Å². The third kappa shape index (κ3) is 4.04. The highest BCUT2D eigenvalue weighted by atomic mass is 15.0. The molecule has 0 atom stereocenters. The largest absolute Gasteiger partial charge is 0.309 e. The normalized spacial score (nSPS) is 11.8. The molecule has 0 aliphatic carbocycles. The zero-order valence-electron chi connectivity index (χ0n) is 26.1. The molecule has 0 radical (unpaired) electrons. The number of pyridine rings is 1. The van der Waals surface area contributed by atoms with Crippen molar-refractivity contribution in [2.24, 2.45) is 0 Å². The minimum absolute atomic E-state index is 1.02. The van der Waals surface area contributed by atoms with Gasteiger partial charge in [-0.2, -0.15) is 0 Å². The fourth-order valence-corrected chi connectivity index (χ4v) is 7.57. The highest BCUT2D eigenvalue weighted by Gasteiger charge is 2.17. The van der Waals surface area contributed by atoms with Crippen molar-refractivity contribution in [3.8, 4) is 33.6 Å². The van der Waals surface area contributed by atoms with Crippen molar-refractivity contribution in [2.75, 3.05) is 0 Å². The summed E-state index contributed by atoms with van der Waals surface area (Å²) < 4.78 is 4.77. The summed E-state index contributed by atoms with van der Waals surface area (Å²) in [5.41, 5.74) is 12.7. The first-order valence-electron chi connectivity index (χ1n) is 16.4. The van der Waals surface area contributed by atoms with Gasteiger partial charge in [0.1, 0.15) is 0 Å². The van der Waals surface area contributed by atoms with Crippen molar-refractivity contribution in [1.29, 1.82) is 0 Å². The Morgan fingerprint density at radius 3 is 1.77 bits per heavy atom. The molecular weight excluding hydrogens is 583 g/mol. The van der Waals surface area contributed by atoms with Crippen LogP contribution in [0.15, 0.2) is 176 Å². The van der Waals surface area contributed by atoms with Gasteiger partial charge in [-0.15, -0.1) is 0 Å². The average Bonchev–Trinajstić information content (AvgIpc) is 3.67. The van der Waals surface area contributed by atoms with Crippen LogP contribution in [0.5, 0.6) is 0 Å². The minimum Gasteiger partial charge on any atom is -0.309 e. The van der Waals surface area contributed by atoms with E-state index >= 15 is 0 Å². The predicted molar refractivity (Wildman–Crippen MR) is 201 cm³/mol. The zero-order valence-corrected chi connectivity index (χ0v) is 26.1. The molecule has 0 saturated heterocycles. The molecular formula is C45H29N3. The fourth-order valence-electron chi connectivity index (χ4n) is 7.57. The maximum atomic E-state index is 4.79. The first kappa shape index (κ1) is 26.7. The van der Waals surface area contributed by atoms with E-state index in [4.69, 9.17) is 4.98 Å². The van der Waals surface area contributed by atoms with Crippen molar-refractivity contribution < 1.29 is 0 Å². The van der Waals surface area contributed by atoms with E-state index in [0.717, 1.165) is 33.3 Å². The molecule has 10 rings (SSSR count). The maximum absolute atomic E-state index is 4.79. The van der Waals surface area contributed by atoms with Crippen LogP contribution in [0.4, 0.5) is 0 Å². The summed E-state index contributed by atoms with van der Waals surface area (Å²) in [6.45, 7) is 0. The van der Waals surface area contributed by atoms with Crippen molar-refractivity contribution in [1.82, 2.24) is 14.1 Å². The number of para-hydroxylation sites is 2. The zero-order chi connectivity index (χ0) is 31.6. The Balaban J connectivity index is 1.23. The summed E-state index contributed by atoms with van der Waals surface area (Å²) in [7, 11) is 0. The molecule has 0 amide bonds. The standard InChI is InChI=1S/C45H29N3/c1-3-12-30(13-4-1)40-29-35(26-33-14-7-8-17-36(33)40)48-41-19-10-9-18-37(41)38-23-21-31(27-43(38)48)32-22-24-39-44(28-32)47(34-15-5-2-6-16-34)42-20-11-25-46-45(39)42/h1-29H. The quantitative estimate of drug-likeness (QED) is 0.194. The Kier molecular flexibility index (Phi) is 5.87. The van der Waals surface area contributed by atoms with E-state index in [0.29, 0.717) is 0 Å². The van der Waals surface area contributed by atoms with Crippen molar-refractivity contribution in [2.45, 2.75) is 0 Å². The second-order valence-corrected chi connectivity index (χ2v) is 12.4. The van der Waals surface area contributed by atoms with Gasteiger partial charge >= 0.3 is 0 Å². The Bertz CT molecular complexity index is 2820. The Morgan fingerprint density at radius 1 is 0.354 bits per heavy atom. The predicted octanol–water partition coefficient (Wildman–Crippen LogP) is 11.8. The summed E-state index contributed by atoms with van der Waals surface area (Å²) in [6, 6.07) is 61.4. The third-order valence-electron chi connectivity index (χ3n) is 9.73. The molecule has 0 fully saturated rings. The van der Waals surface area contributed by atoms with Crippen LogP contribution in [-0.2, 0) is 0 Å². The average molecular weight is 612 g/mol. The Labute approximate surface area is 277 Å². The number of rotatable bonds is 4. The first-order chi connectivity index (χ1) is 23.8. The molecule has 0 unspecified atom stereocenters. The topological polar surface area (TPSA) is 22.8 Å². The SMILES string of the molecule is c1ccc(-c2cc(-n3c4ccccc4c4ccc(-c5ccc6c7ncccc7n(-c7ccccc7)c6c5)cc43)cc3ccccc23)cc1. The van der Waals surface area contributed by atoms with Crippen LogP contribution < -0.4 is 0 Å². The van der Waals surface area contributed by atoms with Crippen LogP contribution in [0.1, 0.15) is 0 Å².